The van der Waals surface area contributed by atoms with Crippen LogP contribution in [0.1, 0.15) is 12.8 Å². The number of nitrogens with zero attached hydrogens (tertiary/aromatic N) is 1. The highest BCUT2D eigenvalue weighted by atomic mass is 35.5. The first-order valence-electron chi connectivity index (χ1n) is 10.6. The highest BCUT2D eigenvalue weighted by Gasteiger charge is 2.20. The van der Waals surface area contributed by atoms with Crippen molar-refractivity contribution in [2.24, 2.45) is 11.5 Å². The summed E-state index contributed by atoms with van der Waals surface area (Å²) in [5, 5.41) is 2.78. The fourth-order valence-corrected chi connectivity index (χ4v) is 4.25. The van der Waals surface area contributed by atoms with E-state index >= 15 is 0 Å². The van der Waals surface area contributed by atoms with Gasteiger partial charge in [-0.05, 0) is 47.8 Å². The van der Waals surface area contributed by atoms with Gasteiger partial charge in [-0.15, -0.1) is 12.4 Å². The number of nitrogens with one attached hydrogen (secondary N) is 1. The maximum Gasteiger partial charge on any atom is 0.241 e. The van der Waals surface area contributed by atoms with Crippen LogP contribution in [0.25, 0.3) is 21.6 Å². The van der Waals surface area contributed by atoms with Gasteiger partial charge in [0.25, 0.3) is 0 Å². The minimum atomic E-state index is -0.895. The van der Waals surface area contributed by atoms with E-state index in [0.29, 0.717) is 28.7 Å². The first-order chi connectivity index (χ1) is 16.8. The summed E-state index contributed by atoms with van der Waals surface area (Å²) in [6.07, 6.45) is 1.91. The summed E-state index contributed by atoms with van der Waals surface area (Å²) in [6.45, 7) is 0. The number of methoxy groups -OCH3 is 4. The maximum absolute atomic E-state index is 12.6. The number of ether oxygens (including phenoxy) is 4. The first kappa shape index (κ1) is 28.7. The van der Waals surface area contributed by atoms with Gasteiger partial charge in [0.2, 0.25) is 17.6 Å². The monoisotopic (exact) mass is 536 g/mol. The normalized spacial score (nSPS) is 11.1. The summed E-state index contributed by atoms with van der Waals surface area (Å²) in [6, 6.07) is 8.20. The van der Waals surface area contributed by atoms with Crippen molar-refractivity contribution in [1.29, 1.82) is 0 Å². The zero-order chi connectivity index (χ0) is 25.5. The molecule has 0 fully saturated rings. The molecule has 5 N–H and O–H groups in total. The maximum atomic E-state index is 12.6. The Morgan fingerprint density at radius 2 is 1.61 bits per heavy atom. The summed E-state index contributed by atoms with van der Waals surface area (Å²) in [5.41, 5.74) is 14.0. The van der Waals surface area contributed by atoms with E-state index in [9.17, 15) is 9.59 Å². The Hall–Kier alpha value is -3.54. The van der Waals surface area contributed by atoms with Gasteiger partial charge in [0, 0.05) is 23.7 Å². The number of amides is 2. The number of anilines is 1. The second-order valence-electron chi connectivity index (χ2n) is 7.50. The summed E-state index contributed by atoms with van der Waals surface area (Å²) in [7, 11) is 6.17. The van der Waals surface area contributed by atoms with E-state index in [0.717, 1.165) is 21.6 Å². The molecule has 0 saturated carbocycles. The second-order valence-corrected chi connectivity index (χ2v) is 8.30. The lowest BCUT2D eigenvalue weighted by Crippen LogP contribution is -2.36. The van der Waals surface area contributed by atoms with E-state index in [-0.39, 0.29) is 25.2 Å². The minimum absolute atomic E-state index is 0. The van der Waals surface area contributed by atoms with E-state index < -0.39 is 17.9 Å². The molecule has 12 heteroatoms. The van der Waals surface area contributed by atoms with Crippen molar-refractivity contribution in [1.82, 2.24) is 4.37 Å². The molecule has 0 bridgehead atoms. The molecule has 1 unspecified atom stereocenters. The Balaban J connectivity index is 0.00000456. The second kappa shape index (κ2) is 13.0. The number of halogens is 1. The highest BCUT2D eigenvalue weighted by Crippen LogP contribution is 2.45. The average molecular weight is 537 g/mol. The van der Waals surface area contributed by atoms with E-state index in [1.807, 2.05) is 18.2 Å². The van der Waals surface area contributed by atoms with Crippen LogP contribution < -0.4 is 35.7 Å². The Bertz CT molecular complexity index is 1190. The molecule has 0 radical (unpaired) electrons. The highest BCUT2D eigenvalue weighted by molar-refractivity contribution is 7.10. The lowest BCUT2D eigenvalue weighted by Gasteiger charge is -2.16. The fourth-order valence-electron chi connectivity index (χ4n) is 3.49. The van der Waals surface area contributed by atoms with Gasteiger partial charge in [0.1, 0.15) is 5.75 Å². The number of aromatic nitrogens is 1. The zero-order valence-corrected chi connectivity index (χ0v) is 22.0. The van der Waals surface area contributed by atoms with Crippen LogP contribution in [0.15, 0.2) is 36.5 Å². The van der Waals surface area contributed by atoms with E-state index in [1.54, 1.807) is 39.7 Å². The number of hydrogen-bond acceptors (Lipinski definition) is 9. The molecule has 194 valence electrons. The van der Waals surface area contributed by atoms with E-state index in [2.05, 4.69) is 9.69 Å². The molecule has 3 aromatic rings. The van der Waals surface area contributed by atoms with Crippen molar-refractivity contribution in [2.45, 2.75) is 18.9 Å². The van der Waals surface area contributed by atoms with Crippen molar-refractivity contribution in [3.63, 3.8) is 0 Å². The predicted octanol–water partition coefficient (Wildman–Crippen LogP) is 3.46. The number of carbonyl (C=O) groups excluding carboxylic acids is 2. The molecular weight excluding hydrogens is 508 g/mol. The molecule has 0 spiro atoms. The zero-order valence-electron chi connectivity index (χ0n) is 20.3. The van der Waals surface area contributed by atoms with Crippen LogP contribution >= 0.6 is 23.9 Å². The molecule has 0 aliphatic rings. The first-order valence-corrected chi connectivity index (χ1v) is 11.4. The lowest BCUT2D eigenvalue weighted by atomic mass is 10.0. The predicted molar refractivity (Wildman–Crippen MR) is 141 cm³/mol. The molecule has 1 aromatic heterocycles. The molecular formula is C24H29ClN4O6S. The molecule has 2 amide bonds. The third-order valence-corrected chi connectivity index (χ3v) is 6.15. The van der Waals surface area contributed by atoms with Crippen molar-refractivity contribution in [3.8, 4) is 44.6 Å². The quantitative estimate of drug-likeness (QED) is 0.337. The van der Waals surface area contributed by atoms with Crippen molar-refractivity contribution < 1.29 is 28.5 Å². The third-order valence-electron chi connectivity index (χ3n) is 5.30. The van der Waals surface area contributed by atoms with E-state index in [4.69, 9.17) is 30.4 Å². The summed E-state index contributed by atoms with van der Waals surface area (Å²) in [5.74, 6) is 1.03. The number of benzene rings is 2. The van der Waals surface area contributed by atoms with Crippen molar-refractivity contribution in [2.75, 3.05) is 33.8 Å². The van der Waals surface area contributed by atoms with Gasteiger partial charge in [0.15, 0.2) is 11.5 Å². The van der Waals surface area contributed by atoms with Crippen LogP contribution in [0.2, 0.25) is 0 Å². The summed E-state index contributed by atoms with van der Waals surface area (Å²) < 4.78 is 26.2. The van der Waals surface area contributed by atoms with Crippen LogP contribution in [-0.2, 0) is 9.59 Å². The standard InChI is InChI=1S/C24H28N4O6S.ClH/c1-31-18-7-5-13(9-17(18)28-24(30)16(25)6-8-21(26)29)15-12-27-35-23(15)14-10-19(32-2)22(34-4)20(11-14)33-3;/h5,7,9-12,16H,6,8,25H2,1-4H3,(H2,26,29)(H,28,30);1H. The van der Waals surface area contributed by atoms with Gasteiger partial charge in [0.05, 0.1) is 45.0 Å². The molecule has 10 nitrogen and oxygen atoms in total. The average Bonchev–Trinajstić information content (AvgIpc) is 3.36. The molecule has 2 aromatic carbocycles. The number of carbonyl (C=O) groups is 2. The van der Waals surface area contributed by atoms with Crippen molar-refractivity contribution >= 4 is 41.4 Å². The van der Waals surface area contributed by atoms with E-state index in [1.165, 1.54) is 18.6 Å². The Morgan fingerprint density at radius 3 is 2.17 bits per heavy atom. The van der Waals surface area contributed by atoms with Crippen LogP contribution in [-0.4, -0.2) is 50.7 Å². The fraction of sp³-hybridized carbons (Fsp3) is 0.292. The topological polar surface area (TPSA) is 148 Å². The van der Waals surface area contributed by atoms with Crippen LogP contribution in [0.4, 0.5) is 5.69 Å². The number of rotatable bonds is 11. The summed E-state index contributed by atoms with van der Waals surface area (Å²) in [4.78, 5) is 24.5. The SMILES string of the molecule is COc1ccc(-c2cnsc2-c2cc(OC)c(OC)c(OC)c2)cc1NC(=O)C(N)CCC(N)=O.Cl. The lowest BCUT2D eigenvalue weighted by molar-refractivity contribution is -0.119. The summed E-state index contributed by atoms with van der Waals surface area (Å²) >= 11 is 1.31. The number of nitrogens with two attached hydrogens (primary N) is 2. The molecule has 1 atom stereocenters. The van der Waals surface area contributed by atoms with Gasteiger partial charge in [-0.2, -0.15) is 4.37 Å². The number of hydrogen-bond donors (Lipinski definition) is 3. The molecule has 1 heterocycles. The molecule has 3 rings (SSSR count). The van der Waals surface area contributed by atoms with Gasteiger partial charge in [-0.3, -0.25) is 9.59 Å². The van der Waals surface area contributed by atoms with Crippen LogP contribution in [0, 0.1) is 0 Å². The third kappa shape index (κ3) is 6.36. The Morgan fingerprint density at radius 1 is 0.972 bits per heavy atom. The van der Waals surface area contributed by atoms with Gasteiger partial charge in [-0.25, -0.2) is 0 Å². The van der Waals surface area contributed by atoms with Gasteiger partial charge >= 0.3 is 0 Å². The largest absolute Gasteiger partial charge is 0.495 e. The molecule has 0 aliphatic carbocycles. The van der Waals surface area contributed by atoms with Gasteiger partial charge in [-0.1, -0.05) is 6.07 Å². The van der Waals surface area contributed by atoms with Gasteiger partial charge < -0.3 is 35.7 Å². The molecule has 36 heavy (non-hydrogen) atoms. The molecule has 0 saturated heterocycles. The smallest absolute Gasteiger partial charge is 0.241 e. The van der Waals surface area contributed by atoms with Crippen molar-refractivity contribution in [3.05, 3.63) is 36.5 Å². The molecule has 0 aliphatic heterocycles. The number of primary amides is 1. The Labute approximate surface area is 219 Å². The minimum Gasteiger partial charge on any atom is -0.495 e. The van der Waals surface area contributed by atoms with Crippen LogP contribution in [0.5, 0.6) is 23.0 Å². The Kier molecular flexibility index (Phi) is 10.3. The van der Waals surface area contributed by atoms with Crippen LogP contribution in [0.3, 0.4) is 0 Å².